The minimum Gasteiger partial charge on any atom is -0.375 e. The Kier molecular flexibility index (Phi) is 3.25. The van der Waals surface area contributed by atoms with E-state index in [9.17, 15) is 4.79 Å². The summed E-state index contributed by atoms with van der Waals surface area (Å²) in [6.45, 7) is 1.96. The summed E-state index contributed by atoms with van der Waals surface area (Å²) in [5.41, 5.74) is 6.76. The van der Waals surface area contributed by atoms with Gasteiger partial charge in [0.2, 0.25) is 0 Å². The van der Waals surface area contributed by atoms with E-state index in [0.29, 0.717) is 26.4 Å². The Labute approximate surface area is 120 Å². The van der Waals surface area contributed by atoms with E-state index >= 15 is 0 Å². The van der Waals surface area contributed by atoms with Gasteiger partial charge in [0.15, 0.2) is 15.9 Å². The molecule has 0 bridgehead atoms. The third-order valence-electron chi connectivity index (χ3n) is 2.28. The van der Waals surface area contributed by atoms with Gasteiger partial charge in [0.1, 0.15) is 4.70 Å². The smallest absolute Gasteiger partial charge is 0.271 e. The van der Waals surface area contributed by atoms with Crippen molar-refractivity contribution >= 4 is 49.9 Å². The molecule has 0 radical (unpaired) electrons. The molecule has 3 N–H and O–H groups in total. The van der Waals surface area contributed by atoms with Crippen molar-refractivity contribution in [2.45, 2.75) is 17.8 Å². The van der Waals surface area contributed by atoms with Crippen LogP contribution in [0.25, 0.3) is 10.3 Å². The predicted molar refractivity (Wildman–Crippen MR) is 78.9 cm³/mol. The van der Waals surface area contributed by atoms with Crippen LogP contribution < -0.4 is 11.3 Å². The number of hydrogen-bond donors (Lipinski definition) is 2. The fourth-order valence-corrected chi connectivity index (χ4v) is 3.65. The van der Waals surface area contributed by atoms with Crippen LogP contribution in [0.1, 0.15) is 10.7 Å². The summed E-state index contributed by atoms with van der Waals surface area (Å²) < 4.78 is 0.464. The summed E-state index contributed by atoms with van der Waals surface area (Å²) in [6, 6.07) is 0. The molecule has 98 valence electrons. The lowest BCUT2D eigenvalue weighted by atomic mass is 10.6. The van der Waals surface area contributed by atoms with Crippen molar-refractivity contribution in [3.63, 3.8) is 0 Å². The predicted octanol–water partition coefficient (Wildman–Crippen LogP) is 2.02. The molecule has 0 aliphatic rings. The molecule has 0 aliphatic carbocycles. The van der Waals surface area contributed by atoms with Gasteiger partial charge in [-0.05, 0) is 6.92 Å². The number of thiazole rings is 2. The van der Waals surface area contributed by atoms with Gasteiger partial charge in [-0.25, -0.2) is 15.0 Å². The van der Waals surface area contributed by atoms with E-state index in [-0.39, 0.29) is 5.56 Å². The Hall–Kier alpha value is -1.45. The molecule has 3 heterocycles. The Morgan fingerprint density at radius 1 is 1.42 bits per heavy atom. The molecule has 0 fully saturated rings. The number of nitrogens with one attached hydrogen (secondary N) is 1. The summed E-state index contributed by atoms with van der Waals surface area (Å²) in [4.78, 5) is 27.2. The third kappa shape index (κ3) is 2.62. The summed E-state index contributed by atoms with van der Waals surface area (Å²) in [5.74, 6) is 0.665. The number of aromatic amines is 1. The van der Waals surface area contributed by atoms with E-state index in [1.54, 1.807) is 11.3 Å². The summed E-state index contributed by atoms with van der Waals surface area (Å²) >= 11 is 4.18. The first-order chi connectivity index (χ1) is 9.11. The molecule has 0 unspecified atom stereocenters. The van der Waals surface area contributed by atoms with Crippen LogP contribution in [0.2, 0.25) is 0 Å². The molecule has 9 heteroatoms. The van der Waals surface area contributed by atoms with Crippen molar-refractivity contribution in [3.05, 3.63) is 26.4 Å². The maximum absolute atomic E-state index is 11.8. The Bertz CT molecular complexity index is 790. The van der Waals surface area contributed by atoms with Gasteiger partial charge in [-0.1, -0.05) is 23.1 Å². The highest BCUT2D eigenvalue weighted by Gasteiger charge is 2.10. The summed E-state index contributed by atoms with van der Waals surface area (Å²) in [6.07, 6.45) is 0. The third-order valence-corrected chi connectivity index (χ3v) is 4.89. The van der Waals surface area contributed by atoms with Gasteiger partial charge < -0.3 is 10.7 Å². The first-order valence-electron chi connectivity index (χ1n) is 5.32. The van der Waals surface area contributed by atoms with E-state index in [1.165, 1.54) is 11.8 Å². The molecule has 0 atom stereocenters. The van der Waals surface area contributed by atoms with E-state index in [4.69, 9.17) is 5.73 Å². The van der Waals surface area contributed by atoms with Crippen molar-refractivity contribution in [1.29, 1.82) is 0 Å². The van der Waals surface area contributed by atoms with E-state index in [0.717, 1.165) is 22.0 Å². The van der Waals surface area contributed by atoms with Crippen LogP contribution in [-0.4, -0.2) is 19.9 Å². The van der Waals surface area contributed by atoms with Gasteiger partial charge in [0.25, 0.3) is 5.56 Å². The average molecular weight is 311 g/mol. The molecule has 0 saturated carbocycles. The molecule has 0 spiro atoms. The zero-order valence-corrected chi connectivity index (χ0v) is 12.3. The molecule has 0 aromatic carbocycles. The number of H-pyrrole nitrogens is 1. The van der Waals surface area contributed by atoms with E-state index in [2.05, 4.69) is 19.9 Å². The zero-order valence-electron chi connectivity index (χ0n) is 9.84. The highest BCUT2D eigenvalue weighted by atomic mass is 32.2. The highest BCUT2D eigenvalue weighted by molar-refractivity contribution is 7.98. The van der Waals surface area contributed by atoms with Gasteiger partial charge in [-0.2, -0.15) is 0 Å². The fraction of sp³-hybridized carbons (Fsp3) is 0.200. The lowest BCUT2D eigenvalue weighted by molar-refractivity contribution is 0.966. The van der Waals surface area contributed by atoms with Gasteiger partial charge in [0.05, 0.1) is 10.7 Å². The van der Waals surface area contributed by atoms with Crippen molar-refractivity contribution in [1.82, 2.24) is 19.9 Å². The number of nitrogen functional groups attached to an aromatic ring is 1. The maximum Gasteiger partial charge on any atom is 0.271 e. The van der Waals surface area contributed by atoms with Crippen molar-refractivity contribution in [3.8, 4) is 0 Å². The number of aromatic nitrogens is 4. The van der Waals surface area contributed by atoms with Crippen molar-refractivity contribution in [2.75, 3.05) is 5.73 Å². The van der Waals surface area contributed by atoms with Crippen LogP contribution in [-0.2, 0) is 5.75 Å². The number of hydrogen-bond acceptors (Lipinski definition) is 8. The summed E-state index contributed by atoms with van der Waals surface area (Å²) in [7, 11) is 0. The number of aryl methyl sites for hydroxylation is 1. The second-order valence-electron chi connectivity index (χ2n) is 3.72. The van der Waals surface area contributed by atoms with Crippen molar-refractivity contribution in [2.24, 2.45) is 0 Å². The SMILES string of the molecule is Cc1nc(CSc2nc3nc(N)sc3c(=O)[nH]2)cs1. The molecular weight excluding hydrogens is 302 g/mol. The van der Waals surface area contributed by atoms with Gasteiger partial charge in [0, 0.05) is 11.1 Å². The number of nitrogens with zero attached hydrogens (tertiary/aromatic N) is 3. The van der Waals surface area contributed by atoms with Gasteiger partial charge >= 0.3 is 0 Å². The van der Waals surface area contributed by atoms with Crippen molar-refractivity contribution < 1.29 is 0 Å². The van der Waals surface area contributed by atoms with E-state index in [1.807, 2.05) is 12.3 Å². The first kappa shape index (κ1) is 12.6. The normalized spacial score (nSPS) is 11.2. The van der Waals surface area contributed by atoms with Gasteiger partial charge in [-0.15, -0.1) is 11.3 Å². The summed E-state index contributed by atoms with van der Waals surface area (Å²) in [5, 5.41) is 3.92. The molecule has 0 amide bonds. The zero-order chi connectivity index (χ0) is 13.4. The second kappa shape index (κ2) is 4.91. The molecule has 0 aliphatic heterocycles. The number of thioether (sulfide) groups is 1. The highest BCUT2D eigenvalue weighted by Crippen LogP contribution is 2.23. The van der Waals surface area contributed by atoms with Crippen LogP contribution in [0.15, 0.2) is 15.3 Å². The molecule has 6 nitrogen and oxygen atoms in total. The monoisotopic (exact) mass is 311 g/mol. The Morgan fingerprint density at radius 2 is 2.26 bits per heavy atom. The molecule has 3 aromatic heterocycles. The van der Waals surface area contributed by atoms with Gasteiger partial charge in [-0.3, -0.25) is 4.79 Å². The van der Waals surface area contributed by atoms with Crippen LogP contribution in [0.4, 0.5) is 5.13 Å². The lowest BCUT2D eigenvalue weighted by Crippen LogP contribution is -2.07. The van der Waals surface area contributed by atoms with Crippen LogP contribution >= 0.6 is 34.4 Å². The standard InChI is InChI=1S/C10H9N5OS3/c1-4-12-5(2-17-4)3-18-10-14-7-6(8(16)15-10)19-9(11)13-7/h2H,3H2,1H3,(H3,11,13,14,15,16). The Morgan fingerprint density at radius 3 is 3.00 bits per heavy atom. The number of rotatable bonds is 3. The van der Waals surface area contributed by atoms with Crippen LogP contribution in [0.3, 0.4) is 0 Å². The molecular formula is C10H9N5OS3. The fourth-order valence-electron chi connectivity index (χ4n) is 1.52. The molecule has 3 rings (SSSR count). The Balaban J connectivity index is 1.87. The minimum atomic E-state index is -0.198. The second-order valence-corrected chi connectivity index (χ2v) is 6.78. The largest absolute Gasteiger partial charge is 0.375 e. The van der Waals surface area contributed by atoms with Crippen LogP contribution in [0, 0.1) is 6.92 Å². The number of nitrogens with two attached hydrogens (primary N) is 1. The topological polar surface area (TPSA) is 97.5 Å². The van der Waals surface area contributed by atoms with Crippen LogP contribution in [0.5, 0.6) is 0 Å². The van der Waals surface area contributed by atoms with E-state index < -0.39 is 0 Å². The number of fused-ring (bicyclic) bond motifs is 1. The molecule has 3 aromatic rings. The minimum absolute atomic E-state index is 0.198. The quantitative estimate of drug-likeness (QED) is 0.567. The molecule has 19 heavy (non-hydrogen) atoms. The maximum atomic E-state index is 11.8. The number of anilines is 1. The average Bonchev–Trinajstić information content (AvgIpc) is 2.92. The first-order valence-corrected chi connectivity index (χ1v) is 8.00. The lowest BCUT2D eigenvalue weighted by Gasteiger charge is -1.97. The molecule has 0 saturated heterocycles.